The second kappa shape index (κ2) is 9.45. The number of fused-ring (bicyclic) bond motifs is 1. The molecule has 1 aromatic carbocycles. The number of hydrogen-bond acceptors (Lipinski definition) is 5. The van der Waals surface area contributed by atoms with Crippen LogP contribution in [0.2, 0.25) is 5.02 Å². The highest BCUT2D eigenvalue weighted by Gasteiger charge is 2.47. The lowest BCUT2D eigenvalue weighted by Crippen LogP contribution is -2.45. The molecule has 174 valence electrons. The standard InChI is InChI=1S/C24H30ClNO4S2/c1-3-30-24(27)23-21(14(2)22(31-23)15-8-10-16(25)11-9-15)19-12-13-20(32(26,28)29)18-7-5-4-6-17(18)19/h8-11,17-20H,3-7,12-13H2,1-2H3,(H2,26,28,29). The van der Waals surface area contributed by atoms with Crippen molar-refractivity contribution in [3.63, 3.8) is 0 Å². The number of benzene rings is 1. The quantitative estimate of drug-likeness (QED) is 0.523. The number of carbonyl (C=O) groups is 1. The number of primary sulfonamides is 1. The van der Waals surface area contributed by atoms with Gasteiger partial charge < -0.3 is 4.74 Å². The van der Waals surface area contributed by atoms with Gasteiger partial charge in [-0.2, -0.15) is 0 Å². The van der Waals surface area contributed by atoms with Crippen molar-refractivity contribution in [2.45, 2.75) is 63.5 Å². The molecule has 4 atom stereocenters. The van der Waals surface area contributed by atoms with E-state index in [-0.39, 0.29) is 23.7 Å². The molecule has 32 heavy (non-hydrogen) atoms. The van der Waals surface area contributed by atoms with Gasteiger partial charge in [-0.3, -0.25) is 0 Å². The van der Waals surface area contributed by atoms with E-state index in [9.17, 15) is 13.2 Å². The third-order valence-corrected chi connectivity index (χ3v) is 10.2. The number of esters is 1. The molecular formula is C24H30ClNO4S2. The number of nitrogens with two attached hydrogens (primary N) is 1. The summed E-state index contributed by atoms with van der Waals surface area (Å²) >= 11 is 7.56. The lowest BCUT2D eigenvalue weighted by Gasteiger charge is -2.45. The monoisotopic (exact) mass is 495 g/mol. The third kappa shape index (κ3) is 4.49. The van der Waals surface area contributed by atoms with Crippen LogP contribution >= 0.6 is 22.9 Å². The van der Waals surface area contributed by atoms with Crippen molar-refractivity contribution in [1.29, 1.82) is 0 Å². The van der Waals surface area contributed by atoms with Gasteiger partial charge in [0.05, 0.1) is 11.9 Å². The molecule has 2 fully saturated rings. The molecule has 8 heteroatoms. The van der Waals surface area contributed by atoms with Gasteiger partial charge in [0.1, 0.15) is 4.88 Å². The number of ether oxygens (including phenoxy) is 1. The molecule has 0 spiro atoms. The summed E-state index contributed by atoms with van der Waals surface area (Å²) in [6.07, 6.45) is 5.21. The van der Waals surface area contributed by atoms with Crippen LogP contribution in [-0.4, -0.2) is 26.2 Å². The van der Waals surface area contributed by atoms with Gasteiger partial charge in [-0.05, 0) is 86.1 Å². The number of sulfonamides is 1. The fraction of sp³-hybridized carbons (Fsp3) is 0.542. The molecule has 2 saturated carbocycles. The molecule has 2 aromatic rings. The van der Waals surface area contributed by atoms with Crippen molar-refractivity contribution in [3.8, 4) is 10.4 Å². The maximum Gasteiger partial charge on any atom is 0.348 e. The Morgan fingerprint density at radius 1 is 1.12 bits per heavy atom. The summed E-state index contributed by atoms with van der Waals surface area (Å²) in [5.74, 6) is 0.0953. The van der Waals surface area contributed by atoms with Crippen LogP contribution in [0.25, 0.3) is 10.4 Å². The fourth-order valence-corrected chi connectivity index (χ4v) is 8.58. The second-order valence-corrected chi connectivity index (χ2v) is 12.2. The zero-order valence-electron chi connectivity index (χ0n) is 18.5. The number of rotatable bonds is 5. The molecule has 4 unspecified atom stereocenters. The lowest BCUT2D eigenvalue weighted by molar-refractivity contribution is 0.0527. The van der Waals surface area contributed by atoms with Crippen LogP contribution in [0.3, 0.4) is 0 Å². The van der Waals surface area contributed by atoms with Crippen LogP contribution in [0, 0.1) is 18.8 Å². The largest absolute Gasteiger partial charge is 0.462 e. The predicted molar refractivity (Wildman–Crippen MR) is 130 cm³/mol. The minimum atomic E-state index is -3.59. The highest BCUT2D eigenvalue weighted by molar-refractivity contribution is 7.89. The van der Waals surface area contributed by atoms with E-state index in [1.165, 1.54) is 11.3 Å². The average molecular weight is 496 g/mol. The van der Waals surface area contributed by atoms with Gasteiger partial charge in [0.2, 0.25) is 10.0 Å². The highest BCUT2D eigenvalue weighted by Crippen LogP contribution is 2.53. The molecule has 1 heterocycles. The Hall–Kier alpha value is -1.41. The van der Waals surface area contributed by atoms with Crippen LogP contribution in [0.5, 0.6) is 0 Å². The average Bonchev–Trinajstić information content (AvgIpc) is 3.10. The summed E-state index contributed by atoms with van der Waals surface area (Å²) < 4.78 is 30.1. The van der Waals surface area contributed by atoms with Crippen molar-refractivity contribution in [2.75, 3.05) is 6.61 Å². The number of thiophene rings is 1. The molecule has 0 radical (unpaired) electrons. The third-order valence-electron chi connectivity index (χ3n) is 7.18. The van der Waals surface area contributed by atoms with Crippen LogP contribution < -0.4 is 5.14 Å². The van der Waals surface area contributed by atoms with E-state index in [0.717, 1.165) is 47.3 Å². The Balaban J connectivity index is 1.81. The van der Waals surface area contributed by atoms with E-state index in [2.05, 4.69) is 6.92 Å². The Kier molecular flexibility index (Phi) is 7.01. The molecule has 5 nitrogen and oxygen atoms in total. The fourth-order valence-electron chi connectivity index (χ4n) is 5.89. The van der Waals surface area contributed by atoms with Crippen LogP contribution in [-0.2, 0) is 14.8 Å². The summed E-state index contributed by atoms with van der Waals surface area (Å²) in [5.41, 5.74) is 3.15. The molecule has 2 aliphatic carbocycles. The SMILES string of the molecule is CCOC(=O)c1sc(-c2ccc(Cl)cc2)c(C)c1C1CCC(S(N)(=O)=O)C2CCCCC12. The molecule has 2 N–H and O–H groups in total. The zero-order chi connectivity index (χ0) is 23.0. The van der Waals surface area contributed by atoms with Gasteiger partial charge in [-0.1, -0.05) is 36.6 Å². The van der Waals surface area contributed by atoms with Crippen molar-refractivity contribution in [2.24, 2.45) is 17.0 Å². The van der Waals surface area contributed by atoms with Crippen LogP contribution in [0.1, 0.15) is 72.2 Å². The minimum absolute atomic E-state index is 0.0471. The molecule has 0 saturated heterocycles. The zero-order valence-corrected chi connectivity index (χ0v) is 20.9. The molecule has 4 rings (SSSR count). The van der Waals surface area contributed by atoms with E-state index in [0.29, 0.717) is 29.3 Å². The normalized spacial score (nSPS) is 25.9. The first-order chi connectivity index (χ1) is 15.2. The first-order valence-corrected chi connectivity index (χ1v) is 14.1. The van der Waals surface area contributed by atoms with Gasteiger partial charge in [-0.25, -0.2) is 18.4 Å². The summed E-state index contributed by atoms with van der Waals surface area (Å²) in [6, 6.07) is 7.66. The second-order valence-electron chi connectivity index (χ2n) is 8.95. The minimum Gasteiger partial charge on any atom is -0.462 e. The molecule has 1 aromatic heterocycles. The van der Waals surface area contributed by atoms with Crippen molar-refractivity contribution in [3.05, 3.63) is 45.3 Å². The summed E-state index contributed by atoms with van der Waals surface area (Å²) in [4.78, 5) is 14.7. The van der Waals surface area contributed by atoms with Gasteiger partial charge in [0.15, 0.2) is 0 Å². The van der Waals surface area contributed by atoms with E-state index in [1.54, 1.807) is 0 Å². The molecule has 0 amide bonds. The van der Waals surface area contributed by atoms with E-state index in [4.69, 9.17) is 21.5 Å². The van der Waals surface area contributed by atoms with E-state index in [1.807, 2.05) is 31.2 Å². The van der Waals surface area contributed by atoms with Crippen molar-refractivity contribution < 1.29 is 17.9 Å². The van der Waals surface area contributed by atoms with Crippen molar-refractivity contribution >= 4 is 38.9 Å². The van der Waals surface area contributed by atoms with Crippen LogP contribution in [0.4, 0.5) is 0 Å². The van der Waals surface area contributed by atoms with Gasteiger partial charge in [-0.15, -0.1) is 11.3 Å². The Morgan fingerprint density at radius 2 is 1.78 bits per heavy atom. The molecule has 2 aliphatic rings. The number of halogens is 1. The maximum atomic E-state index is 13.0. The lowest BCUT2D eigenvalue weighted by atomic mass is 9.63. The molecular weight excluding hydrogens is 466 g/mol. The Bertz CT molecular complexity index is 1090. The summed E-state index contributed by atoms with van der Waals surface area (Å²) in [6.45, 7) is 4.20. The van der Waals surface area contributed by atoms with Crippen LogP contribution in [0.15, 0.2) is 24.3 Å². The number of carbonyl (C=O) groups excluding carboxylic acids is 1. The van der Waals surface area contributed by atoms with Gasteiger partial charge in [0.25, 0.3) is 0 Å². The first kappa shape index (κ1) is 23.7. The van der Waals surface area contributed by atoms with E-state index < -0.39 is 15.3 Å². The van der Waals surface area contributed by atoms with Crippen molar-refractivity contribution in [1.82, 2.24) is 0 Å². The topological polar surface area (TPSA) is 86.5 Å². The smallest absolute Gasteiger partial charge is 0.348 e. The van der Waals surface area contributed by atoms with Gasteiger partial charge >= 0.3 is 5.97 Å². The summed E-state index contributed by atoms with van der Waals surface area (Å²) in [7, 11) is -3.59. The predicted octanol–water partition coefficient (Wildman–Crippen LogP) is 5.89. The van der Waals surface area contributed by atoms with Gasteiger partial charge in [0, 0.05) is 9.90 Å². The molecule has 0 bridgehead atoms. The maximum absolute atomic E-state index is 13.0. The highest BCUT2D eigenvalue weighted by atomic mass is 35.5. The Morgan fingerprint density at radius 3 is 2.41 bits per heavy atom. The van der Waals surface area contributed by atoms with E-state index >= 15 is 0 Å². The Labute approximate surface area is 199 Å². The molecule has 0 aliphatic heterocycles. The first-order valence-electron chi connectivity index (χ1n) is 11.3. The summed E-state index contributed by atoms with van der Waals surface area (Å²) in [5, 5.41) is 5.82. The number of hydrogen-bond donors (Lipinski definition) is 1.